The first-order valence-electron chi connectivity index (χ1n) is 9.90. The summed E-state index contributed by atoms with van der Waals surface area (Å²) in [6.45, 7) is 2.36. The molecule has 0 fully saturated rings. The molecule has 174 valence electrons. The summed E-state index contributed by atoms with van der Waals surface area (Å²) in [5.41, 5.74) is 1.50. The van der Waals surface area contributed by atoms with Gasteiger partial charge in [-0.2, -0.15) is 0 Å². The van der Waals surface area contributed by atoms with E-state index in [1.807, 2.05) is 6.92 Å². The molecule has 0 aliphatic heterocycles. The van der Waals surface area contributed by atoms with Crippen LogP contribution in [0.3, 0.4) is 0 Å². The highest BCUT2D eigenvalue weighted by atomic mass is 32.1. The van der Waals surface area contributed by atoms with E-state index in [2.05, 4.69) is 20.4 Å². The van der Waals surface area contributed by atoms with Crippen molar-refractivity contribution in [3.63, 3.8) is 0 Å². The zero-order valence-corrected chi connectivity index (χ0v) is 18.3. The summed E-state index contributed by atoms with van der Waals surface area (Å²) >= 11 is 1.16. The largest absolute Gasteiger partial charge is 0.573 e. The van der Waals surface area contributed by atoms with Crippen molar-refractivity contribution in [2.75, 3.05) is 17.2 Å². The summed E-state index contributed by atoms with van der Waals surface area (Å²) in [5.74, 6) is -1.21. The summed E-state index contributed by atoms with van der Waals surface area (Å²) in [5, 5.41) is 7.52. The maximum Gasteiger partial charge on any atom is 0.573 e. The molecule has 0 aliphatic carbocycles. The number of hydrogen-bond acceptors (Lipinski definition) is 7. The highest BCUT2D eigenvalue weighted by molar-refractivity contribution is 7.14. The molecule has 2 aromatic carbocycles. The molecule has 1 amide bonds. The van der Waals surface area contributed by atoms with Crippen LogP contribution in [-0.2, 0) is 4.74 Å². The standard InChI is InChI=1S/C22H20F3N3O4S/c1-2-3-12-31-20(30)14-4-6-15(7-5-14)26-19(29)18-13-33-21(28-18)27-16-8-10-17(11-9-16)32-22(23,24)25/h4-11,13H,2-3,12H2,1H3,(H,26,29)(H,27,28). The van der Waals surface area contributed by atoms with E-state index in [1.54, 1.807) is 24.3 Å². The molecule has 33 heavy (non-hydrogen) atoms. The minimum Gasteiger partial charge on any atom is -0.462 e. The third kappa shape index (κ3) is 7.49. The molecular weight excluding hydrogens is 459 g/mol. The Hall–Kier alpha value is -3.60. The molecule has 0 saturated heterocycles. The lowest BCUT2D eigenvalue weighted by Crippen LogP contribution is -2.16. The van der Waals surface area contributed by atoms with Crippen LogP contribution in [-0.4, -0.2) is 29.8 Å². The van der Waals surface area contributed by atoms with E-state index in [0.717, 1.165) is 24.2 Å². The Morgan fingerprint density at radius 3 is 2.33 bits per heavy atom. The molecule has 2 N–H and O–H groups in total. The predicted octanol–water partition coefficient (Wildman–Crippen LogP) is 5.99. The number of rotatable bonds is 9. The number of ether oxygens (including phenoxy) is 2. The molecule has 0 bridgehead atoms. The number of amides is 1. The number of carbonyl (C=O) groups excluding carboxylic acids is 2. The molecule has 3 rings (SSSR count). The van der Waals surface area contributed by atoms with Gasteiger partial charge in [0, 0.05) is 16.8 Å². The van der Waals surface area contributed by atoms with E-state index in [1.165, 1.54) is 29.6 Å². The maximum atomic E-state index is 12.4. The lowest BCUT2D eigenvalue weighted by Gasteiger charge is -2.09. The minimum atomic E-state index is -4.76. The molecule has 7 nitrogen and oxygen atoms in total. The number of carbonyl (C=O) groups is 2. The number of benzene rings is 2. The third-order valence-electron chi connectivity index (χ3n) is 4.19. The quantitative estimate of drug-likeness (QED) is 0.289. The zero-order chi connectivity index (χ0) is 23.8. The number of alkyl halides is 3. The number of aromatic nitrogens is 1. The summed E-state index contributed by atoms with van der Waals surface area (Å²) in [6.07, 6.45) is -3.04. The summed E-state index contributed by atoms with van der Waals surface area (Å²) in [4.78, 5) is 28.5. The average Bonchev–Trinajstić information content (AvgIpc) is 3.23. The van der Waals surface area contributed by atoms with Crippen LogP contribution < -0.4 is 15.4 Å². The highest BCUT2D eigenvalue weighted by Gasteiger charge is 2.30. The maximum absolute atomic E-state index is 12.4. The van der Waals surface area contributed by atoms with Gasteiger partial charge in [-0.25, -0.2) is 9.78 Å². The van der Waals surface area contributed by atoms with Gasteiger partial charge in [-0.1, -0.05) is 13.3 Å². The van der Waals surface area contributed by atoms with Crippen LogP contribution in [0.5, 0.6) is 5.75 Å². The summed E-state index contributed by atoms with van der Waals surface area (Å²) < 4.78 is 45.7. The van der Waals surface area contributed by atoms with E-state index < -0.39 is 18.2 Å². The number of esters is 1. The fraction of sp³-hybridized carbons (Fsp3) is 0.227. The lowest BCUT2D eigenvalue weighted by atomic mass is 10.2. The summed E-state index contributed by atoms with van der Waals surface area (Å²) in [6, 6.07) is 11.4. The normalized spacial score (nSPS) is 11.0. The Kier molecular flexibility index (Phi) is 7.88. The molecule has 0 saturated carbocycles. The van der Waals surface area contributed by atoms with E-state index in [9.17, 15) is 22.8 Å². The van der Waals surface area contributed by atoms with Gasteiger partial charge in [-0.05, 0) is 55.0 Å². The van der Waals surface area contributed by atoms with Gasteiger partial charge in [-0.15, -0.1) is 24.5 Å². The van der Waals surface area contributed by atoms with Crippen molar-refractivity contribution < 1.29 is 32.2 Å². The number of unbranched alkanes of at least 4 members (excludes halogenated alkanes) is 1. The Balaban J connectivity index is 1.55. The fourth-order valence-corrected chi connectivity index (χ4v) is 3.29. The van der Waals surface area contributed by atoms with Crippen molar-refractivity contribution in [1.29, 1.82) is 0 Å². The molecule has 0 radical (unpaired) electrons. The molecule has 0 unspecified atom stereocenters. The Labute approximate surface area is 191 Å². The van der Waals surface area contributed by atoms with E-state index in [-0.39, 0.29) is 11.4 Å². The smallest absolute Gasteiger partial charge is 0.462 e. The van der Waals surface area contributed by atoms with Crippen molar-refractivity contribution in [2.45, 2.75) is 26.1 Å². The van der Waals surface area contributed by atoms with Gasteiger partial charge in [0.25, 0.3) is 5.91 Å². The van der Waals surface area contributed by atoms with Gasteiger partial charge in [0.15, 0.2) is 5.13 Å². The topological polar surface area (TPSA) is 89.5 Å². The zero-order valence-electron chi connectivity index (χ0n) is 17.4. The van der Waals surface area contributed by atoms with Crippen molar-refractivity contribution in [2.24, 2.45) is 0 Å². The number of hydrogen-bond donors (Lipinski definition) is 2. The predicted molar refractivity (Wildman–Crippen MR) is 118 cm³/mol. The lowest BCUT2D eigenvalue weighted by molar-refractivity contribution is -0.274. The minimum absolute atomic E-state index is 0.155. The van der Waals surface area contributed by atoms with Gasteiger partial charge < -0.3 is 20.1 Å². The van der Waals surface area contributed by atoms with Crippen LogP contribution in [0, 0.1) is 0 Å². The van der Waals surface area contributed by atoms with Crippen LogP contribution in [0.4, 0.5) is 29.7 Å². The first-order chi connectivity index (χ1) is 15.7. The second kappa shape index (κ2) is 10.8. The molecule has 3 aromatic rings. The molecule has 0 atom stereocenters. The monoisotopic (exact) mass is 479 g/mol. The number of halogens is 3. The van der Waals surface area contributed by atoms with E-state index >= 15 is 0 Å². The highest BCUT2D eigenvalue weighted by Crippen LogP contribution is 2.26. The SMILES string of the molecule is CCCCOC(=O)c1ccc(NC(=O)c2csc(Nc3ccc(OC(F)(F)F)cc3)n2)cc1. The number of nitrogens with one attached hydrogen (secondary N) is 2. The average molecular weight is 479 g/mol. The van der Waals surface area contributed by atoms with Crippen molar-refractivity contribution in [3.8, 4) is 5.75 Å². The van der Waals surface area contributed by atoms with Gasteiger partial charge in [-0.3, -0.25) is 4.79 Å². The van der Waals surface area contributed by atoms with Gasteiger partial charge in [0.1, 0.15) is 11.4 Å². The van der Waals surface area contributed by atoms with Gasteiger partial charge >= 0.3 is 12.3 Å². The summed E-state index contributed by atoms with van der Waals surface area (Å²) in [7, 11) is 0. The number of anilines is 3. The molecular formula is C22H20F3N3O4S. The van der Waals surface area contributed by atoms with Crippen molar-refractivity contribution in [1.82, 2.24) is 4.98 Å². The fourth-order valence-electron chi connectivity index (χ4n) is 2.58. The van der Waals surface area contributed by atoms with Gasteiger partial charge in [0.05, 0.1) is 12.2 Å². The van der Waals surface area contributed by atoms with Crippen LogP contribution in [0.1, 0.15) is 40.6 Å². The van der Waals surface area contributed by atoms with Crippen LogP contribution in [0.25, 0.3) is 0 Å². The number of nitrogens with zero attached hydrogens (tertiary/aromatic N) is 1. The van der Waals surface area contributed by atoms with Gasteiger partial charge in [0.2, 0.25) is 0 Å². The molecule has 0 spiro atoms. The first kappa shape index (κ1) is 24.1. The molecule has 0 aliphatic rings. The third-order valence-corrected chi connectivity index (χ3v) is 4.94. The van der Waals surface area contributed by atoms with Crippen molar-refractivity contribution in [3.05, 3.63) is 65.2 Å². The Morgan fingerprint density at radius 1 is 1.03 bits per heavy atom. The van der Waals surface area contributed by atoms with Crippen LogP contribution in [0.15, 0.2) is 53.9 Å². The van der Waals surface area contributed by atoms with E-state index in [0.29, 0.717) is 28.7 Å². The molecule has 1 aromatic heterocycles. The Morgan fingerprint density at radius 2 is 1.70 bits per heavy atom. The molecule has 1 heterocycles. The second-order valence-corrected chi connectivity index (χ2v) is 7.61. The van der Waals surface area contributed by atoms with Crippen LogP contribution in [0.2, 0.25) is 0 Å². The molecule has 11 heteroatoms. The van der Waals surface area contributed by atoms with Crippen LogP contribution >= 0.6 is 11.3 Å². The first-order valence-corrected chi connectivity index (χ1v) is 10.8. The second-order valence-electron chi connectivity index (χ2n) is 6.76. The van der Waals surface area contributed by atoms with E-state index in [4.69, 9.17) is 4.74 Å². The van der Waals surface area contributed by atoms with Crippen molar-refractivity contribution >= 4 is 39.7 Å². The number of thiazole rings is 1. The Bertz CT molecular complexity index is 1080.